The van der Waals surface area contributed by atoms with Gasteiger partial charge < -0.3 is 5.32 Å². The Morgan fingerprint density at radius 1 is 1.56 bits per heavy atom. The summed E-state index contributed by atoms with van der Waals surface area (Å²) in [5, 5.41) is 3.55. The fourth-order valence-corrected chi connectivity index (χ4v) is 0.928. The molecule has 0 fully saturated rings. The van der Waals surface area contributed by atoms with Crippen LogP contribution in [0.1, 0.15) is 0 Å². The second-order valence-electron chi connectivity index (χ2n) is 1.49. The third-order valence-electron chi connectivity index (χ3n) is 0.832. The SMILES string of the molecule is ClC1=[C]C=C(Cl)C(Cl)N1. The molecule has 1 atom stereocenters. The van der Waals surface area contributed by atoms with Crippen molar-refractivity contribution in [2.24, 2.45) is 0 Å². The monoisotopic (exact) mass is 182 g/mol. The molecule has 9 heavy (non-hydrogen) atoms. The zero-order valence-electron chi connectivity index (χ0n) is 4.29. The van der Waals surface area contributed by atoms with Gasteiger partial charge in [-0.1, -0.05) is 34.8 Å². The molecule has 0 saturated carbocycles. The molecule has 1 aliphatic rings. The van der Waals surface area contributed by atoms with Gasteiger partial charge in [0.25, 0.3) is 0 Å². The number of dihydropyridines is 1. The van der Waals surface area contributed by atoms with Crippen molar-refractivity contribution in [3.8, 4) is 0 Å². The van der Waals surface area contributed by atoms with Crippen LogP contribution in [0, 0.1) is 6.08 Å². The largest absolute Gasteiger partial charge is 0.355 e. The van der Waals surface area contributed by atoms with E-state index in [9.17, 15) is 0 Å². The van der Waals surface area contributed by atoms with Gasteiger partial charge in [0.15, 0.2) is 0 Å². The smallest absolute Gasteiger partial charge is 0.138 e. The molecule has 1 heterocycles. The highest BCUT2D eigenvalue weighted by Crippen LogP contribution is 2.18. The molecule has 1 N–H and O–H groups in total. The summed E-state index contributed by atoms with van der Waals surface area (Å²) in [6, 6.07) is 0. The van der Waals surface area contributed by atoms with E-state index in [1.807, 2.05) is 0 Å². The first-order valence-electron chi connectivity index (χ1n) is 2.25. The van der Waals surface area contributed by atoms with Gasteiger partial charge >= 0.3 is 0 Å². The number of hydrogen-bond donors (Lipinski definition) is 1. The van der Waals surface area contributed by atoms with E-state index in [1.54, 1.807) is 0 Å². The molecule has 0 aromatic rings. The minimum absolute atomic E-state index is 0.388. The Hall–Kier alpha value is 0.150. The molecular weight excluding hydrogens is 180 g/mol. The first kappa shape index (κ1) is 7.26. The summed E-state index contributed by atoms with van der Waals surface area (Å²) in [4.78, 5) is 0. The van der Waals surface area contributed by atoms with Gasteiger partial charge in [-0.15, -0.1) is 0 Å². The van der Waals surface area contributed by atoms with Crippen molar-refractivity contribution in [1.29, 1.82) is 0 Å². The van der Waals surface area contributed by atoms with E-state index in [0.29, 0.717) is 10.2 Å². The Morgan fingerprint density at radius 3 is 2.67 bits per heavy atom. The van der Waals surface area contributed by atoms with Crippen LogP contribution in [0.5, 0.6) is 0 Å². The van der Waals surface area contributed by atoms with Crippen molar-refractivity contribution in [3.05, 3.63) is 22.3 Å². The van der Waals surface area contributed by atoms with Crippen molar-refractivity contribution < 1.29 is 0 Å². The second kappa shape index (κ2) is 2.82. The molecule has 0 aromatic carbocycles. The van der Waals surface area contributed by atoms with E-state index in [4.69, 9.17) is 34.8 Å². The van der Waals surface area contributed by atoms with Crippen LogP contribution >= 0.6 is 34.8 Å². The molecular formula is C5H3Cl3N. The third kappa shape index (κ3) is 1.78. The molecule has 0 bridgehead atoms. The minimum atomic E-state index is -0.402. The first-order chi connectivity index (χ1) is 4.20. The summed E-state index contributed by atoms with van der Waals surface area (Å²) >= 11 is 16.7. The molecule has 1 rings (SSSR count). The number of halogens is 3. The van der Waals surface area contributed by atoms with E-state index >= 15 is 0 Å². The lowest BCUT2D eigenvalue weighted by molar-refractivity contribution is 0.864. The van der Waals surface area contributed by atoms with E-state index in [1.165, 1.54) is 6.08 Å². The fourth-order valence-electron chi connectivity index (χ4n) is 0.427. The summed E-state index contributed by atoms with van der Waals surface area (Å²) in [7, 11) is 0. The van der Waals surface area contributed by atoms with Crippen LogP contribution < -0.4 is 5.32 Å². The molecule has 1 nitrogen and oxygen atoms in total. The molecule has 0 aliphatic carbocycles. The Balaban J connectivity index is 2.74. The zero-order valence-corrected chi connectivity index (χ0v) is 6.56. The van der Waals surface area contributed by atoms with Crippen molar-refractivity contribution in [2.75, 3.05) is 0 Å². The van der Waals surface area contributed by atoms with Gasteiger partial charge in [-0.3, -0.25) is 0 Å². The van der Waals surface area contributed by atoms with E-state index in [-0.39, 0.29) is 0 Å². The first-order valence-corrected chi connectivity index (χ1v) is 3.44. The number of allylic oxidation sites excluding steroid dienone is 2. The molecule has 0 amide bonds. The van der Waals surface area contributed by atoms with Crippen LogP contribution in [0.25, 0.3) is 0 Å². The Bertz CT molecular complexity index is 173. The van der Waals surface area contributed by atoms with Crippen LogP contribution in [0.15, 0.2) is 16.3 Å². The average molecular weight is 183 g/mol. The average Bonchev–Trinajstić information content (AvgIpc) is 1.80. The Labute approximate surface area is 68.3 Å². The normalized spacial score (nSPS) is 26.3. The molecule has 49 valence electrons. The summed E-state index contributed by atoms with van der Waals surface area (Å²) in [5.74, 6) is 0. The standard InChI is InChI=1S/C5H3Cl3N/c6-3-1-2-4(7)9-5(3)8/h1,5,9H. The van der Waals surface area contributed by atoms with E-state index < -0.39 is 5.50 Å². The summed E-state index contributed by atoms with van der Waals surface area (Å²) in [6.07, 6.45) is 4.19. The van der Waals surface area contributed by atoms with Crippen molar-refractivity contribution >= 4 is 34.8 Å². The molecule has 1 radical (unpaired) electrons. The highest BCUT2D eigenvalue weighted by atomic mass is 35.5. The maximum Gasteiger partial charge on any atom is 0.138 e. The second-order valence-corrected chi connectivity index (χ2v) is 2.75. The summed E-state index contributed by atoms with van der Waals surface area (Å²) in [6.45, 7) is 0. The molecule has 0 spiro atoms. The highest BCUT2D eigenvalue weighted by Gasteiger charge is 2.11. The predicted molar refractivity (Wildman–Crippen MR) is 39.3 cm³/mol. The number of nitrogens with one attached hydrogen (secondary N) is 1. The lowest BCUT2D eigenvalue weighted by Gasteiger charge is -2.13. The van der Waals surface area contributed by atoms with Crippen LogP contribution in [0.3, 0.4) is 0 Å². The molecule has 1 aliphatic heterocycles. The van der Waals surface area contributed by atoms with Crippen molar-refractivity contribution in [3.63, 3.8) is 0 Å². The van der Waals surface area contributed by atoms with Crippen LogP contribution in [0.2, 0.25) is 0 Å². The maximum atomic E-state index is 5.61. The van der Waals surface area contributed by atoms with Gasteiger partial charge in [0, 0.05) is 6.08 Å². The number of alkyl halides is 1. The van der Waals surface area contributed by atoms with E-state index in [2.05, 4.69) is 11.4 Å². The lowest BCUT2D eigenvalue weighted by atomic mass is 10.4. The Kier molecular flexibility index (Phi) is 2.28. The topological polar surface area (TPSA) is 12.0 Å². The fraction of sp³-hybridized carbons (Fsp3) is 0.200. The van der Waals surface area contributed by atoms with Crippen LogP contribution in [-0.2, 0) is 0 Å². The number of hydrogen-bond acceptors (Lipinski definition) is 1. The van der Waals surface area contributed by atoms with Gasteiger partial charge in [0.1, 0.15) is 10.7 Å². The van der Waals surface area contributed by atoms with Gasteiger partial charge in [-0.25, -0.2) is 0 Å². The van der Waals surface area contributed by atoms with Gasteiger partial charge in [-0.05, 0) is 6.08 Å². The van der Waals surface area contributed by atoms with E-state index in [0.717, 1.165) is 0 Å². The van der Waals surface area contributed by atoms with Gasteiger partial charge in [-0.2, -0.15) is 0 Å². The highest BCUT2D eigenvalue weighted by molar-refractivity contribution is 6.38. The van der Waals surface area contributed by atoms with Gasteiger partial charge in [0.2, 0.25) is 0 Å². The maximum absolute atomic E-state index is 5.61. The molecule has 0 saturated heterocycles. The summed E-state index contributed by atoms with van der Waals surface area (Å²) < 4.78 is 0. The molecule has 0 aromatic heterocycles. The molecule has 4 heteroatoms. The van der Waals surface area contributed by atoms with Gasteiger partial charge in [0.05, 0.1) is 5.03 Å². The number of rotatable bonds is 0. The minimum Gasteiger partial charge on any atom is -0.355 e. The summed E-state index contributed by atoms with van der Waals surface area (Å²) in [5.41, 5.74) is -0.402. The quantitative estimate of drug-likeness (QED) is 0.448. The Morgan fingerprint density at radius 2 is 2.22 bits per heavy atom. The lowest BCUT2D eigenvalue weighted by Crippen LogP contribution is -2.23. The third-order valence-corrected chi connectivity index (χ3v) is 1.83. The van der Waals surface area contributed by atoms with Crippen LogP contribution in [-0.4, -0.2) is 5.50 Å². The van der Waals surface area contributed by atoms with Crippen molar-refractivity contribution in [1.82, 2.24) is 5.32 Å². The molecule has 1 unspecified atom stereocenters. The predicted octanol–water partition coefficient (Wildman–Crippen LogP) is 2.16. The zero-order chi connectivity index (χ0) is 6.85. The van der Waals surface area contributed by atoms with Crippen LogP contribution in [0.4, 0.5) is 0 Å². The van der Waals surface area contributed by atoms with Crippen molar-refractivity contribution in [2.45, 2.75) is 5.50 Å².